The summed E-state index contributed by atoms with van der Waals surface area (Å²) in [7, 11) is -3.99. The normalized spacial score (nSPS) is 18.9. The van der Waals surface area contributed by atoms with Gasteiger partial charge in [-0.3, -0.25) is 9.78 Å². The number of aromatic nitrogens is 3. The van der Waals surface area contributed by atoms with E-state index >= 15 is 0 Å². The highest BCUT2D eigenvalue weighted by atomic mass is 32.2. The molecule has 1 fully saturated rings. The lowest BCUT2D eigenvalue weighted by molar-refractivity contribution is 0.0770. The van der Waals surface area contributed by atoms with Crippen LogP contribution in [0.1, 0.15) is 33.7 Å². The molecule has 6 rings (SSSR count). The van der Waals surface area contributed by atoms with Crippen molar-refractivity contribution in [3.63, 3.8) is 0 Å². The van der Waals surface area contributed by atoms with Crippen molar-refractivity contribution in [3.05, 3.63) is 113 Å². The Hall–Kier alpha value is -4.46. The molecule has 0 bridgehead atoms. The van der Waals surface area contributed by atoms with Gasteiger partial charge in [0.15, 0.2) is 5.78 Å². The molecule has 1 aliphatic carbocycles. The van der Waals surface area contributed by atoms with E-state index < -0.39 is 15.4 Å². The number of hydrogen-bond acceptors (Lipinski definition) is 6. The summed E-state index contributed by atoms with van der Waals surface area (Å²) in [4.78, 5) is 18.4. The Kier molecular flexibility index (Phi) is 5.98. The number of fused-ring (bicyclic) bond motifs is 2. The fourth-order valence-electron chi connectivity index (χ4n) is 5.43. The van der Waals surface area contributed by atoms with Gasteiger partial charge in [-0.25, -0.2) is 17.5 Å². The lowest BCUT2D eigenvalue weighted by Crippen LogP contribution is -2.53. The SMILES string of the molecule is N#Cc1cccc(S(=O)(=O)N2CCC3=Cc4c(cnn4-c4ccc(F)cc4)C[C@]3(C(=O)c3ccccn3)C2)c1. The average molecular weight is 540 g/mol. The van der Waals surface area contributed by atoms with Gasteiger partial charge in [0.2, 0.25) is 10.0 Å². The first-order chi connectivity index (χ1) is 18.8. The third-order valence-corrected chi connectivity index (χ3v) is 9.23. The van der Waals surface area contributed by atoms with Crippen LogP contribution in [0.2, 0.25) is 0 Å². The molecule has 4 aromatic rings. The van der Waals surface area contributed by atoms with Crippen molar-refractivity contribution in [3.8, 4) is 11.8 Å². The molecule has 2 aromatic carbocycles. The van der Waals surface area contributed by atoms with Crippen LogP contribution in [0.5, 0.6) is 0 Å². The highest BCUT2D eigenvalue weighted by Gasteiger charge is 2.51. The lowest BCUT2D eigenvalue weighted by Gasteiger charge is -2.44. The second kappa shape index (κ2) is 9.38. The first-order valence-electron chi connectivity index (χ1n) is 12.3. The van der Waals surface area contributed by atoms with Crippen LogP contribution >= 0.6 is 0 Å². The number of rotatable bonds is 5. The highest BCUT2D eigenvalue weighted by Crippen LogP contribution is 2.47. The summed E-state index contributed by atoms with van der Waals surface area (Å²) in [6, 6.07) is 18.9. The molecule has 0 spiro atoms. The second-order valence-electron chi connectivity index (χ2n) is 9.64. The minimum absolute atomic E-state index is 0.00930. The minimum Gasteiger partial charge on any atom is -0.291 e. The van der Waals surface area contributed by atoms with Crippen molar-refractivity contribution >= 4 is 21.9 Å². The Morgan fingerprint density at radius 1 is 1.08 bits per heavy atom. The zero-order valence-corrected chi connectivity index (χ0v) is 21.5. The van der Waals surface area contributed by atoms with Crippen LogP contribution in [0.3, 0.4) is 0 Å². The van der Waals surface area contributed by atoms with Gasteiger partial charge >= 0.3 is 0 Å². The van der Waals surface area contributed by atoms with Gasteiger partial charge in [-0.05, 0) is 79.1 Å². The molecule has 1 atom stereocenters. The maximum Gasteiger partial charge on any atom is 0.243 e. The number of hydrogen-bond donors (Lipinski definition) is 0. The van der Waals surface area contributed by atoms with Crippen LogP contribution in [-0.4, -0.2) is 46.4 Å². The second-order valence-corrected chi connectivity index (χ2v) is 11.6. The molecule has 39 heavy (non-hydrogen) atoms. The number of carbonyl (C=O) groups excluding carboxylic acids is 1. The number of ketones is 1. The van der Waals surface area contributed by atoms with Crippen LogP contribution in [0.25, 0.3) is 11.8 Å². The van der Waals surface area contributed by atoms with Gasteiger partial charge in [0.25, 0.3) is 0 Å². The number of pyridine rings is 1. The molecule has 1 saturated heterocycles. The van der Waals surface area contributed by atoms with E-state index in [1.807, 2.05) is 12.1 Å². The number of nitrogens with zero attached hydrogens (tertiary/aromatic N) is 5. The molecule has 3 heterocycles. The molecule has 0 radical (unpaired) electrons. The standard InChI is InChI=1S/C29H22FN5O3S/c30-23-7-9-24(10-8-23)35-27-15-22-11-13-34(39(37,38)25-5-3-4-20(14-25)17-31)19-29(22,16-21(27)18-33-35)28(36)26-6-1-2-12-32-26/h1-10,12,14-15,18H,11,13,16,19H2/t29-/m0/s1. The summed E-state index contributed by atoms with van der Waals surface area (Å²) >= 11 is 0. The zero-order valence-electron chi connectivity index (χ0n) is 20.7. The maximum atomic E-state index is 14.2. The van der Waals surface area contributed by atoms with Crippen molar-refractivity contribution in [2.75, 3.05) is 13.1 Å². The average Bonchev–Trinajstić information content (AvgIpc) is 3.38. The smallest absolute Gasteiger partial charge is 0.243 e. The summed E-state index contributed by atoms with van der Waals surface area (Å²) < 4.78 is 44.0. The molecule has 0 saturated carbocycles. The van der Waals surface area contributed by atoms with Crippen molar-refractivity contribution in [2.45, 2.75) is 17.7 Å². The van der Waals surface area contributed by atoms with E-state index in [1.54, 1.807) is 53.5 Å². The van der Waals surface area contributed by atoms with E-state index in [2.05, 4.69) is 10.1 Å². The third kappa shape index (κ3) is 4.16. The molecule has 8 nitrogen and oxygen atoms in total. The van der Waals surface area contributed by atoms with Crippen molar-refractivity contribution in [1.29, 1.82) is 5.26 Å². The molecule has 194 valence electrons. The molecule has 1 aliphatic heterocycles. The number of piperidine rings is 1. The predicted molar refractivity (Wildman–Crippen MR) is 141 cm³/mol. The largest absolute Gasteiger partial charge is 0.291 e. The van der Waals surface area contributed by atoms with Crippen molar-refractivity contribution in [2.24, 2.45) is 5.41 Å². The maximum absolute atomic E-state index is 14.2. The van der Waals surface area contributed by atoms with Gasteiger partial charge in [-0.15, -0.1) is 0 Å². The van der Waals surface area contributed by atoms with E-state index in [-0.39, 0.29) is 47.3 Å². The van der Waals surface area contributed by atoms with Gasteiger partial charge in [0, 0.05) is 19.3 Å². The number of sulfonamides is 1. The Morgan fingerprint density at radius 3 is 2.64 bits per heavy atom. The van der Waals surface area contributed by atoms with E-state index in [9.17, 15) is 22.9 Å². The topological polar surface area (TPSA) is 109 Å². The van der Waals surface area contributed by atoms with E-state index in [0.717, 1.165) is 16.8 Å². The molecule has 2 aromatic heterocycles. The van der Waals surface area contributed by atoms with Gasteiger partial charge in [0.05, 0.1) is 39.5 Å². The number of nitriles is 1. The molecule has 0 N–H and O–H groups in total. The molecule has 2 aliphatic rings. The summed E-state index contributed by atoms with van der Waals surface area (Å²) in [5.41, 5.74) is 2.34. The third-order valence-electron chi connectivity index (χ3n) is 7.39. The number of halogens is 1. The summed E-state index contributed by atoms with van der Waals surface area (Å²) in [5, 5.41) is 13.8. The van der Waals surface area contributed by atoms with E-state index in [4.69, 9.17) is 0 Å². The summed E-state index contributed by atoms with van der Waals surface area (Å²) in [5.74, 6) is -0.618. The van der Waals surface area contributed by atoms with Crippen LogP contribution in [0.4, 0.5) is 4.39 Å². The fourth-order valence-corrected chi connectivity index (χ4v) is 6.97. The van der Waals surface area contributed by atoms with Gasteiger partial charge < -0.3 is 0 Å². The first-order valence-corrected chi connectivity index (χ1v) is 13.8. The molecular formula is C29H22FN5O3S. The molecule has 0 amide bonds. The van der Waals surface area contributed by atoms with Gasteiger partial charge in [-0.2, -0.15) is 14.7 Å². The van der Waals surface area contributed by atoms with Crippen molar-refractivity contribution < 1.29 is 17.6 Å². The lowest BCUT2D eigenvalue weighted by atomic mass is 9.65. The summed E-state index contributed by atoms with van der Waals surface area (Å²) in [6.45, 7) is 0.0940. The van der Waals surface area contributed by atoms with Crippen molar-refractivity contribution in [1.82, 2.24) is 19.1 Å². The quantitative estimate of drug-likeness (QED) is 0.352. The Balaban J connectivity index is 1.45. The zero-order chi connectivity index (χ0) is 27.2. The number of carbonyl (C=O) groups is 1. The van der Waals surface area contributed by atoms with Crippen LogP contribution in [0.15, 0.2) is 89.6 Å². The predicted octanol–water partition coefficient (Wildman–Crippen LogP) is 4.18. The Bertz CT molecular complexity index is 1780. The molecular weight excluding hydrogens is 517 g/mol. The van der Waals surface area contributed by atoms with Crippen LogP contribution in [-0.2, 0) is 16.4 Å². The van der Waals surface area contributed by atoms with Gasteiger partial charge in [-0.1, -0.05) is 17.7 Å². The first kappa shape index (κ1) is 24.9. The van der Waals surface area contributed by atoms with Crippen LogP contribution in [0, 0.1) is 22.6 Å². The Labute approximate surface area is 224 Å². The fraction of sp³-hybridized carbons (Fsp3) is 0.172. The van der Waals surface area contributed by atoms with Crippen LogP contribution < -0.4 is 0 Å². The van der Waals surface area contributed by atoms with Gasteiger partial charge in [0.1, 0.15) is 11.5 Å². The number of benzene rings is 2. The molecule has 0 unspecified atom stereocenters. The van der Waals surface area contributed by atoms with E-state index in [0.29, 0.717) is 12.1 Å². The monoisotopic (exact) mass is 539 g/mol. The highest BCUT2D eigenvalue weighted by molar-refractivity contribution is 7.89. The summed E-state index contributed by atoms with van der Waals surface area (Å²) in [6.07, 6.45) is 5.68. The minimum atomic E-state index is -3.99. The number of Topliss-reactive ketones (excluding diaryl/α,β-unsaturated/α-hetero) is 1. The molecule has 10 heteroatoms. The van der Waals surface area contributed by atoms with E-state index in [1.165, 1.54) is 34.6 Å². The Morgan fingerprint density at radius 2 is 1.90 bits per heavy atom.